The van der Waals surface area contributed by atoms with Crippen molar-refractivity contribution < 1.29 is 25.4 Å². The first-order valence-electron chi connectivity index (χ1n) is 25.9. The molecular formula is C64H49BBr4N14O5. The van der Waals surface area contributed by atoms with Gasteiger partial charge in [-0.05, 0) is 178 Å². The molecule has 5 N–H and O–H groups in total. The van der Waals surface area contributed by atoms with Crippen LogP contribution in [0.15, 0.2) is 215 Å². The molecule has 436 valence electrons. The molecule has 8 aromatic carbocycles. The Morgan fingerprint density at radius 2 is 0.705 bits per heavy atom. The van der Waals surface area contributed by atoms with Gasteiger partial charge in [-0.25, -0.2) is 29.0 Å². The predicted molar refractivity (Wildman–Crippen MR) is 346 cm³/mol. The van der Waals surface area contributed by atoms with Crippen LogP contribution in [0.25, 0.3) is 22.3 Å². The van der Waals surface area contributed by atoms with E-state index < -0.39 is 7.12 Å². The molecule has 0 aliphatic heterocycles. The van der Waals surface area contributed by atoms with E-state index in [1.807, 2.05) is 91.9 Å². The molecule has 0 unspecified atom stereocenters. The molecule has 0 radical (unpaired) electrons. The van der Waals surface area contributed by atoms with Crippen molar-refractivity contribution in [3.05, 3.63) is 271 Å². The van der Waals surface area contributed by atoms with Crippen LogP contribution in [0.3, 0.4) is 0 Å². The number of aryl methyl sites for hydroxylation is 1. The lowest BCUT2D eigenvalue weighted by Crippen LogP contribution is -2.29. The minimum absolute atomic E-state index is 0.115. The molecule has 0 bridgehead atoms. The Morgan fingerprint density at radius 3 is 1.03 bits per heavy atom. The van der Waals surface area contributed by atoms with Crippen LogP contribution in [0.4, 0.5) is 0 Å². The van der Waals surface area contributed by atoms with Crippen LogP contribution in [0.1, 0.15) is 55.6 Å². The van der Waals surface area contributed by atoms with E-state index in [-0.39, 0.29) is 17.2 Å². The lowest BCUT2D eigenvalue weighted by atomic mass is 9.80. The summed E-state index contributed by atoms with van der Waals surface area (Å²) in [6.45, 7) is 3.47. The van der Waals surface area contributed by atoms with Gasteiger partial charge >= 0.3 is 7.12 Å². The van der Waals surface area contributed by atoms with Gasteiger partial charge < -0.3 is 25.4 Å². The molecular weight excluding hydrogens is 1380 g/mol. The first-order valence-corrected chi connectivity index (χ1v) is 29.4. The van der Waals surface area contributed by atoms with Crippen molar-refractivity contribution in [1.82, 2.24) is 44.3 Å². The van der Waals surface area contributed by atoms with E-state index in [2.05, 4.69) is 124 Å². The highest BCUT2D eigenvalue weighted by atomic mass is 79.9. The number of nitriles is 5. The Labute approximate surface area is 540 Å². The second kappa shape index (κ2) is 34.8. The van der Waals surface area contributed by atoms with Crippen LogP contribution in [0.2, 0.25) is 0 Å². The SMILES string of the molecule is Cc1cc(Br)ccc1C#N.N#Cc1ccc(-c2ccc(O)cc2)cc1Cn1cncn1.N#Cc1ccc(-c2ccc(O)cc2)cc1Cn1cncn1.N#Cc1ccc(Br)cc1CBr.N#Cc1ccc(Br)cc1Cn1cncn1.OB(O)c1ccc(O)cc1. The molecule has 0 spiro atoms. The Morgan fingerprint density at radius 1 is 0.398 bits per heavy atom. The number of aromatic nitrogens is 9. The fraction of sp³-hybridized carbons (Fsp3) is 0.0781. The van der Waals surface area contributed by atoms with Gasteiger partial charge in [-0.2, -0.15) is 41.6 Å². The first-order chi connectivity index (χ1) is 42.5. The number of alkyl halides is 1. The highest BCUT2D eigenvalue weighted by Gasteiger charge is 2.11. The average Bonchev–Trinajstić information content (AvgIpc) is 4.53. The maximum Gasteiger partial charge on any atom is 0.488 e. The summed E-state index contributed by atoms with van der Waals surface area (Å²) in [6.07, 6.45) is 9.28. The molecule has 0 atom stereocenters. The average molecular weight is 1420 g/mol. The fourth-order valence-electron chi connectivity index (χ4n) is 7.78. The highest BCUT2D eigenvalue weighted by Crippen LogP contribution is 2.27. The van der Waals surface area contributed by atoms with E-state index >= 15 is 0 Å². The van der Waals surface area contributed by atoms with Gasteiger partial charge in [0, 0.05) is 18.7 Å². The molecule has 88 heavy (non-hydrogen) atoms. The Balaban J connectivity index is 0.000000173. The zero-order chi connectivity index (χ0) is 63.4. The summed E-state index contributed by atoms with van der Waals surface area (Å²) in [4.78, 5) is 11.7. The summed E-state index contributed by atoms with van der Waals surface area (Å²) in [5.74, 6) is 0.579. The minimum atomic E-state index is -1.46. The molecule has 0 amide bonds. The van der Waals surface area contributed by atoms with E-state index in [0.29, 0.717) is 41.8 Å². The van der Waals surface area contributed by atoms with E-state index in [0.717, 1.165) is 79.9 Å². The summed E-state index contributed by atoms with van der Waals surface area (Å²) >= 11 is 13.3. The molecule has 19 nitrogen and oxygen atoms in total. The maximum absolute atomic E-state index is 9.35. The third kappa shape index (κ3) is 21.2. The lowest BCUT2D eigenvalue weighted by Gasteiger charge is -2.08. The normalized spacial score (nSPS) is 9.80. The Bertz CT molecular complexity index is 4100. The number of phenolic OH excluding ortho intramolecular Hbond substituents is 3. The van der Waals surface area contributed by atoms with Crippen LogP contribution in [0, 0.1) is 63.6 Å². The summed E-state index contributed by atoms with van der Waals surface area (Å²) in [5.41, 5.74) is 12.4. The summed E-state index contributed by atoms with van der Waals surface area (Å²) < 4.78 is 8.02. The molecule has 3 heterocycles. The number of hydrogen-bond donors (Lipinski definition) is 5. The standard InChI is InChI=1S/2C16H12N4O.C10H7BrN4.C8H5Br2N.C8H6BrN.C6H7BO3/c2*17-8-14-2-1-13(12-3-5-16(21)6-4-12)7-15(14)9-20-11-18-10-19-20;11-10-2-1-8(4-12)9(3-10)5-15-7-13-6-14-15;9-4-7-3-8(10)2-1-6(7)5-11;1-6-4-8(9)3-2-7(6)5-10;8-6-3-1-5(2-4-6)7(9)10/h2*1-7,10-11,21H,9H2;1-3,6-7H,5H2;1-3H,4H2;2-4H,1H3;1-4,8-10H. The van der Waals surface area contributed by atoms with E-state index in [1.54, 1.807) is 87.6 Å². The maximum atomic E-state index is 9.35. The number of nitrogens with zero attached hydrogens (tertiary/aromatic N) is 14. The zero-order valence-corrected chi connectivity index (χ0v) is 52.8. The van der Waals surface area contributed by atoms with Gasteiger partial charge in [0.05, 0.1) is 77.8 Å². The van der Waals surface area contributed by atoms with Gasteiger partial charge in [0.25, 0.3) is 0 Å². The number of hydrogen-bond acceptors (Lipinski definition) is 16. The molecule has 0 fully saturated rings. The smallest absolute Gasteiger partial charge is 0.488 e. The summed E-state index contributed by atoms with van der Waals surface area (Å²) in [7, 11) is -1.46. The van der Waals surface area contributed by atoms with E-state index in [1.165, 1.54) is 43.2 Å². The third-order valence-electron chi connectivity index (χ3n) is 12.3. The molecule has 24 heteroatoms. The van der Waals surface area contributed by atoms with Crippen molar-refractivity contribution in [2.45, 2.75) is 31.9 Å². The minimum Gasteiger partial charge on any atom is -0.508 e. The van der Waals surface area contributed by atoms with Crippen LogP contribution >= 0.6 is 63.7 Å². The number of aromatic hydroxyl groups is 3. The summed E-state index contributed by atoms with van der Waals surface area (Å²) in [6, 6.07) is 58.5. The van der Waals surface area contributed by atoms with Gasteiger partial charge in [0.15, 0.2) is 0 Å². The van der Waals surface area contributed by atoms with Gasteiger partial charge in [-0.1, -0.05) is 112 Å². The van der Waals surface area contributed by atoms with Crippen molar-refractivity contribution in [2.75, 3.05) is 0 Å². The van der Waals surface area contributed by atoms with Crippen molar-refractivity contribution in [1.29, 1.82) is 26.3 Å². The summed E-state index contributed by atoms with van der Waals surface area (Å²) in [5, 5.41) is 102. The zero-order valence-electron chi connectivity index (χ0n) is 46.5. The first kappa shape index (κ1) is 67.1. The Kier molecular flexibility index (Phi) is 26.5. The number of phenols is 3. The van der Waals surface area contributed by atoms with Crippen molar-refractivity contribution in [3.63, 3.8) is 0 Å². The number of rotatable bonds is 10. The van der Waals surface area contributed by atoms with Crippen molar-refractivity contribution >= 4 is 76.3 Å². The van der Waals surface area contributed by atoms with Crippen LogP contribution < -0.4 is 5.46 Å². The van der Waals surface area contributed by atoms with Gasteiger partial charge in [0.1, 0.15) is 55.2 Å². The topological polar surface area (TPSA) is 312 Å². The molecule has 0 saturated heterocycles. The number of benzene rings is 8. The lowest BCUT2D eigenvalue weighted by molar-refractivity contribution is 0.425. The van der Waals surface area contributed by atoms with Gasteiger partial charge in [-0.3, -0.25) is 0 Å². The second-order valence-corrected chi connectivity index (χ2v) is 21.6. The molecule has 3 aromatic heterocycles. The Hall–Kier alpha value is -10.1. The molecule has 0 aliphatic carbocycles. The number of halogens is 4. The van der Waals surface area contributed by atoms with Gasteiger partial charge in [0.2, 0.25) is 0 Å². The monoisotopic (exact) mass is 1420 g/mol. The van der Waals surface area contributed by atoms with Crippen LogP contribution in [-0.2, 0) is 25.0 Å². The predicted octanol–water partition coefficient (Wildman–Crippen LogP) is 12.0. The third-order valence-corrected chi connectivity index (χ3v) is 14.4. The fourth-order valence-corrected chi connectivity index (χ4v) is 9.54. The highest BCUT2D eigenvalue weighted by molar-refractivity contribution is 9.11. The van der Waals surface area contributed by atoms with Crippen molar-refractivity contribution in [2.24, 2.45) is 0 Å². The largest absolute Gasteiger partial charge is 0.508 e. The quantitative estimate of drug-likeness (QED) is 0.0627. The molecule has 11 aromatic rings. The molecule has 11 rings (SSSR count). The second-order valence-electron chi connectivity index (χ2n) is 18.3. The van der Waals surface area contributed by atoms with Crippen LogP contribution in [0.5, 0.6) is 17.2 Å². The van der Waals surface area contributed by atoms with E-state index in [9.17, 15) is 20.7 Å². The van der Waals surface area contributed by atoms with Gasteiger partial charge in [-0.15, -0.1) is 0 Å². The molecule has 0 aliphatic rings. The van der Waals surface area contributed by atoms with Crippen LogP contribution in [-0.4, -0.2) is 76.8 Å². The van der Waals surface area contributed by atoms with E-state index in [4.69, 9.17) is 30.9 Å². The molecule has 0 saturated carbocycles. The van der Waals surface area contributed by atoms with Crippen molar-refractivity contribution in [3.8, 4) is 69.8 Å².